The molecule has 0 unspecified atom stereocenters. The second kappa shape index (κ2) is 6.57. The number of nitrogens with two attached hydrogens (primary N) is 1. The summed E-state index contributed by atoms with van der Waals surface area (Å²) in [4.78, 5) is 11.9. The Hall–Kier alpha value is -1.09. The van der Waals surface area contributed by atoms with Crippen molar-refractivity contribution < 1.29 is 17.6 Å². The summed E-state index contributed by atoms with van der Waals surface area (Å²) < 4.78 is 30.3. The Balaban J connectivity index is 0.00000361. The van der Waals surface area contributed by atoms with Crippen LogP contribution in [0.25, 0.3) is 0 Å². The van der Waals surface area contributed by atoms with E-state index in [1.807, 2.05) is 0 Å². The van der Waals surface area contributed by atoms with E-state index < -0.39 is 21.5 Å². The van der Waals surface area contributed by atoms with Crippen LogP contribution < -0.4 is 15.8 Å². The molecule has 1 heterocycles. The standard InChI is InChI=1S/C11H19N3O4S.ClH/c1-7-8(10(15)14-6-11(2,3)12)5-9(18-7)19(16,17)13-4;/h5,13H,6,12H2,1-4H3,(H,14,15);1H. The summed E-state index contributed by atoms with van der Waals surface area (Å²) in [6.45, 7) is 5.33. The minimum Gasteiger partial charge on any atom is -0.448 e. The van der Waals surface area contributed by atoms with Crippen molar-refractivity contribution in [2.24, 2.45) is 5.73 Å². The van der Waals surface area contributed by atoms with Crippen molar-refractivity contribution in [2.45, 2.75) is 31.4 Å². The molecule has 4 N–H and O–H groups in total. The maximum absolute atomic E-state index is 11.9. The first kappa shape index (κ1) is 18.9. The number of aryl methyl sites for hydroxylation is 1. The van der Waals surface area contributed by atoms with Gasteiger partial charge >= 0.3 is 0 Å². The van der Waals surface area contributed by atoms with Crippen molar-refractivity contribution in [2.75, 3.05) is 13.6 Å². The summed E-state index contributed by atoms with van der Waals surface area (Å²) in [6, 6.07) is 1.19. The zero-order valence-corrected chi connectivity index (χ0v) is 13.4. The molecule has 0 aromatic carbocycles. The molecule has 7 nitrogen and oxygen atoms in total. The summed E-state index contributed by atoms with van der Waals surface area (Å²) in [7, 11) is -2.43. The van der Waals surface area contributed by atoms with Crippen LogP contribution >= 0.6 is 12.4 Å². The summed E-state index contributed by atoms with van der Waals surface area (Å²) in [6.07, 6.45) is 0. The summed E-state index contributed by atoms with van der Waals surface area (Å²) in [5.74, 6) is -0.182. The maximum Gasteiger partial charge on any atom is 0.273 e. The zero-order valence-electron chi connectivity index (χ0n) is 11.8. The maximum atomic E-state index is 11.9. The number of rotatable bonds is 5. The van der Waals surface area contributed by atoms with Crippen LogP contribution in [-0.4, -0.2) is 33.5 Å². The second-order valence-electron chi connectivity index (χ2n) is 4.91. The highest BCUT2D eigenvalue weighted by molar-refractivity contribution is 7.89. The first-order chi connectivity index (χ1) is 8.57. The average Bonchev–Trinajstić information content (AvgIpc) is 2.68. The van der Waals surface area contributed by atoms with E-state index in [9.17, 15) is 13.2 Å². The molecule has 1 rings (SSSR count). The third-order valence-corrected chi connectivity index (χ3v) is 3.65. The van der Waals surface area contributed by atoms with E-state index in [-0.39, 0.29) is 35.4 Å². The van der Waals surface area contributed by atoms with Gasteiger partial charge in [0.1, 0.15) is 5.76 Å². The predicted molar refractivity (Wildman–Crippen MR) is 77.5 cm³/mol. The molecule has 0 saturated heterocycles. The number of nitrogens with one attached hydrogen (secondary N) is 2. The van der Waals surface area contributed by atoms with Crippen LogP contribution in [0.15, 0.2) is 15.6 Å². The van der Waals surface area contributed by atoms with Gasteiger partial charge in [0, 0.05) is 18.2 Å². The van der Waals surface area contributed by atoms with Gasteiger partial charge in [-0.15, -0.1) is 12.4 Å². The highest BCUT2D eigenvalue weighted by atomic mass is 35.5. The molecule has 20 heavy (non-hydrogen) atoms. The first-order valence-electron chi connectivity index (χ1n) is 5.68. The van der Waals surface area contributed by atoms with Crippen LogP contribution in [-0.2, 0) is 10.0 Å². The number of halogens is 1. The quantitative estimate of drug-likeness (QED) is 0.724. The number of hydrogen-bond donors (Lipinski definition) is 3. The summed E-state index contributed by atoms with van der Waals surface area (Å²) in [5, 5.41) is 2.34. The third-order valence-electron chi connectivity index (χ3n) is 2.38. The molecule has 0 saturated carbocycles. The molecule has 116 valence electrons. The Bertz CT molecular complexity index is 575. The van der Waals surface area contributed by atoms with E-state index in [0.717, 1.165) is 0 Å². The van der Waals surface area contributed by atoms with Crippen molar-refractivity contribution in [3.8, 4) is 0 Å². The van der Waals surface area contributed by atoms with Crippen molar-refractivity contribution in [1.82, 2.24) is 10.0 Å². The molecule has 9 heteroatoms. The fourth-order valence-electron chi connectivity index (χ4n) is 1.32. The van der Waals surface area contributed by atoms with Crippen molar-refractivity contribution >= 4 is 28.3 Å². The Kier molecular flexibility index (Phi) is 6.22. The monoisotopic (exact) mass is 325 g/mol. The van der Waals surface area contributed by atoms with Crippen LogP contribution in [0.1, 0.15) is 30.0 Å². The third kappa shape index (κ3) is 4.78. The molecule has 0 atom stereocenters. The van der Waals surface area contributed by atoms with Gasteiger partial charge in [0.2, 0.25) is 5.09 Å². The van der Waals surface area contributed by atoms with Crippen LogP contribution in [0.2, 0.25) is 0 Å². The van der Waals surface area contributed by atoms with E-state index in [2.05, 4.69) is 10.0 Å². The van der Waals surface area contributed by atoms with Gasteiger partial charge in [-0.3, -0.25) is 4.79 Å². The number of amides is 1. The normalized spacial score (nSPS) is 11.8. The molecule has 1 aromatic rings. The van der Waals surface area contributed by atoms with Gasteiger partial charge in [-0.05, 0) is 27.8 Å². The Morgan fingerprint density at radius 3 is 2.45 bits per heavy atom. The van der Waals surface area contributed by atoms with Gasteiger partial charge in [0.25, 0.3) is 15.9 Å². The van der Waals surface area contributed by atoms with Gasteiger partial charge < -0.3 is 15.5 Å². The molecule has 0 aliphatic carbocycles. The molecular weight excluding hydrogens is 306 g/mol. The van der Waals surface area contributed by atoms with Gasteiger partial charge in [-0.25, -0.2) is 13.1 Å². The predicted octanol–water partition coefficient (Wildman–Crippen LogP) is 0.385. The smallest absolute Gasteiger partial charge is 0.273 e. The number of carbonyl (C=O) groups is 1. The SMILES string of the molecule is CNS(=O)(=O)c1cc(C(=O)NCC(C)(C)N)c(C)o1.Cl. The van der Waals surface area contributed by atoms with E-state index in [0.29, 0.717) is 0 Å². The summed E-state index contributed by atoms with van der Waals surface area (Å²) >= 11 is 0. The van der Waals surface area contributed by atoms with Gasteiger partial charge in [-0.2, -0.15) is 0 Å². The molecule has 0 fully saturated rings. The van der Waals surface area contributed by atoms with Crippen LogP contribution in [0.4, 0.5) is 0 Å². The van der Waals surface area contributed by atoms with E-state index >= 15 is 0 Å². The average molecular weight is 326 g/mol. The van der Waals surface area contributed by atoms with Crippen molar-refractivity contribution in [3.05, 3.63) is 17.4 Å². The Morgan fingerprint density at radius 2 is 2.00 bits per heavy atom. The van der Waals surface area contributed by atoms with E-state index in [4.69, 9.17) is 10.2 Å². The molecule has 0 spiro atoms. The largest absolute Gasteiger partial charge is 0.448 e. The van der Waals surface area contributed by atoms with Gasteiger partial charge in [0.05, 0.1) is 5.56 Å². The lowest BCUT2D eigenvalue weighted by molar-refractivity contribution is 0.0944. The molecule has 0 aliphatic heterocycles. The van der Waals surface area contributed by atoms with E-state index in [1.165, 1.54) is 20.0 Å². The van der Waals surface area contributed by atoms with Gasteiger partial charge in [-0.1, -0.05) is 0 Å². The second-order valence-corrected chi connectivity index (χ2v) is 6.73. The number of sulfonamides is 1. The van der Waals surface area contributed by atoms with Crippen molar-refractivity contribution in [1.29, 1.82) is 0 Å². The van der Waals surface area contributed by atoms with Crippen LogP contribution in [0.5, 0.6) is 0 Å². The molecule has 0 radical (unpaired) electrons. The number of hydrogen-bond acceptors (Lipinski definition) is 5. The lowest BCUT2D eigenvalue weighted by Crippen LogP contribution is -2.45. The molecule has 0 aliphatic rings. The van der Waals surface area contributed by atoms with Gasteiger partial charge in [0.15, 0.2) is 0 Å². The fourth-order valence-corrected chi connectivity index (χ4v) is 2.03. The fraction of sp³-hybridized carbons (Fsp3) is 0.545. The lowest BCUT2D eigenvalue weighted by atomic mass is 10.1. The molecule has 1 amide bonds. The number of carbonyl (C=O) groups excluding carboxylic acids is 1. The van der Waals surface area contributed by atoms with Crippen LogP contribution in [0, 0.1) is 6.92 Å². The highest BCUT2D eigenvalue weighted by Crippen LogP contribution is 2.18. The Morgan fingerprint density at radius 1 is 1.45 bits per heavy atom. The first-order valence-corrected chi connectivity index (χ1v) is 7.16. The Labute approximate surface area is 124 Å². The minimum atomic E-state index is -3.70. The molecule has 0 bridgehead atoms. The summed E-state index contributed by atoms with van der Waals surface area (Å²) in [5.41, 5.74) is 5.38. The molecular formula is C11H20ClN3O4S. The molecule has 1 aromatic heterocycles. The topological polar surface area (TPSA) is 114 Å². The van der Waals surface area contributed by atoms with Crippen LogP contribution in [0.3, 0.4) is 0 Å². The minimum absolute atomic E-state index is 0. The lowest BCUT2D eigenvalue weighted by Gasteiger charge is -2.18. The van der Waals surface area contributed by atoms with Crippen molar-refractivity contribution in [3.63, 3.8) is 0 Å². The highest BCUT2D eigenvalue weighted by Gasteiger charge is 2.23. The zero-order chi connectivity index (χ0) is 14.8. The van der Waals surface area contributed by atoms with E-state index in [1.54, 1.807) is 13.8 Å². The number of furan rings is 1.